The Kier molecular flexibility index (Phi) is 1.15. The van der Waals surface area contributed by atoms with Crippen molar-refractivity contribution in [3.8, 4) is 0 Å². The van der Waals surface area contributed by atoms with Gasteiger partial charge in [-0.1, -0.05) is 0 Å². The molecule has 0 radical (unpaired) electrons. The van der Waals surface area contributed by atoms with Crippen LogP contribution in [0, 0.1) is 5.92 Å². The van der Waals surface area contributed by atoms with Gasteiger partial charge in [-0.3, -0.25) is 0 Å². The molecule has 1 aliphatic carbocycles. The fourth-order valence-corrected chi connectivity index (χ4v) is 4.38. The average Bonchev–Trinajstić information content (AvgIpc) is 2.18. The SMILES string of the molecule is O=S1(=O)C[C@@H]2C[C@@H](O)[C@H]1C2. The Balaban J connectivity index is 2.37. The molecule has 1 N–H and O–H groups in total. The van der Waals surface area contributed by atoms with Gasteiger partial charge in [-0.05, 0) is 18.8 Å². The molecule has 10 heavy (non-hydrogen) atoms. The van der Waals surface area contributed by atoms with Crippen molar-refractivity contribution in [1.82, 2.24) is 0 Å². The van der Waals surface area contributed by atoms with E-state index in [4.69, 9.17) is 0 Å². The van der Waals surface area contributed by atoms with Crippen molar-refractivity contribution in [2.75, 3.05) is 5.75 Å². The molecule has 0 spiro atoms. The number of fused-ring (bicyclic) bond motifs is 2. The highest BCUT2D eigenvalue weighted by molar-refractivity contribution is 7.92. The van der Waals surface area contributed by atoms with Gasteiger partial charge in [0.1, 0.15) is 0 Å². The monoisotopic (exact) mass is 162 g/mol. The number of aliphatic hydroxyl groups excluding tert-OH is 1. The molecule has 1 saturated carbocycles. The van der Waals surface area contributed by atoms with Gasteiger partial charge < -0.3 is 5.11 Å². The number of hydrogen-bond acceptors (Lipinski definition) is 3. The second kappa shape index (κ2) is 1.74. The summed E-state index contributed by atoms with van der Waals surface area (Å²) in [4.78, 5) is 0. The minimum Gasteiger partial charge on any atom is -0.392 e. The van der Waals surface area contributed by atoms with E-state index in [0.29, 0.717) is 18.6 Å². The van der Waals surface area contributed by atoms with Crippen LogP contribution in [0.2, 0.25) is 0 Å². The Morgan fingerprint density at radius 1 is 1.30 bits per heavy atom. The van der Waals surface area contributed by atoms with Gasteiger partial charge in [0.25, 0.3) is 0 Å². The molecule has 3 nitrogen and oxygen atoms in total. The summed E-state index contributed by atoms with van der Waals surface area (Å²) >= 11 is 0. The summed E-state index contributed by atoms with van der Waals surface area (Å²) in [6, 6.07) is 0. The molecule has 2 fully saturated rings. The zero-order valence-corrected chi connectivity index (χ0v) is 6.34. The van der Waals surface area contributed by atoms with Crippen LogP contribution < -0.4 is 0 Å². The Morgan fingerprint density at radius 3 is 2.30 bits per heavy atom. The second-order valence-electron chi connectivity index (χ2n) is 3.27. The lowest BCUT2D eigenvalue weighted by atomic mass is 10.1. The van der Waals surface area contributed by atoms with Gasteiger partial charge in [-0.2, -0.15) is 0 Å². The van der Waals surface area contributed by atoms with E-state index in [1.165, 1.54) is 0 Å². The van der Waals surface area contributed by atoms with E-state index in [2.05, 4.69) is 0 Å². The Morgan fingerprint density at radius 2 is 2.00 bits per heavy atom. The molecule has 4 heteroatoms. The highest BCUT2D eigenvalue weighted by Gasteiger charge is 2.49. The van der Waals surface area contributed by atoms with Crippen LogP contribution in [0.15, 0.2) is 0 Å². The second-order valence-corrected chi connectivity index (χ2v) is 5.54. The normalized spacial score (nSPS) is 49.9. The third kappa shape index (κ3) is 0.720. The molecular weight excluding hydrogens is 152 g/mol. The molecule has 2 aliphatic rings. The minimum absolute atomic E-state index is 0.255. The first-order valence-corrected chi connectivity index (χ1v) is 5.21. The van der Waals surface area contributed by atoms with Gasteiger partial charge in [-0.25, -0.2) is 8.42 Å². The summed E-state index contributed by atoms with van der Waals surface area (Å²) in [7, 11) is -2.89. The molecule has 0 aromatic rings. The molecule has 0 amide bonds. The minimum atomic E-state index is -2.89. The Bertz CT molecular complexity index is 244. The van der Waals surface area contributed by atoms with E-state index >= 15 is 0 Å². The summed E-state index contributed by atoms with van der Waals surface area (Å²) in [6.45, 7) is 0. The fourth-order valence-electron chi connectivity index (χ4n) is 2.05. The number of aliphatic hydroxyl groups is 1. The van der Waals surface area contributed by atoms with Crippen LogP contribution >= 0.6 is 0 Å². The summed E-state index contributed by atoms with van der Waals surface area (Å²) in [6.07, 6.45) is 0.830. The summed E-state index contributed by atoms with van der Waals surface area (Å²) in [5, 5.41) is 8.76. The van der Waals surface area contributed by atoms with E-state index in [9.17, 15) is 13.5 Å². The van der Waals surface area contributed by atoms with E-state index < -0.39 is 21.2 Å². The highest BCUT2D eigenvalue weighted by atomic mass is 32.2. The van der Waals surface area contributed by atoms with E-state index in [-0.39, 0.29) is 5.92 Å². The maximum Gasteiger partial charge on any atom is 0.155 e. The van der Waals surface area contributed by atoms with Crippen LogP contribution in [-0.2, 0) is 9.84 Å². The highest BCUT2D eigenvalue weighted by Crippen LogP contribution is 2.39. The van der Waals surface area contributed by atoms with Gasteiger partial charge in [0.2, 0.25) is 0 Å². The third-order valence-corrected chi connectivity index (χ3v) is 4.86. The Labute approximate surface area is 60.0 Å². The van der Waals surface area contributed by atoms with Gasteiger partial charge in [0, 0.05) is 0 Å². The number of rotatable bonds is 0. The maximum atomic E-state index is 11.1. The van der Waals surface area contributed by atoms with E-state index in [1.54, 1.807) is 0 Å². The van der Waals surface area contributed by atoms with E-state index in [1.807, 2.05) is 0 Å². The van der Waals surface area contributed by atoms with Gasteiger partial charge in [-0.15, -0.1) is 0 Å². The lowest BCUT2D eigenvalue weighted by Crippen LogP contribution is -2.31. The smallest absolute Gasteiger partial charge is 0.155 e. The number of hydrogen-bond donors (Lipinski definition) is 1. The van der Waals surface area contributed by atoms with Crippen molar-refractivity contribution in [2.45, 2.75) is 24.2 Å². The predicted octanol–water partition coefficient (Wildman–Crippen LogP) is -0.446. The van der Waals surface area contributed by atoms with Crippen molar-refractivity contribution < 1.29 is 13.5 Å². The van der Waals surface area contributed by atoms with Gasteiger partial charge >= 0.3 is 0 Å². The topological polar surface area (TPSA) is 54.4 Å². The van der Waals surface area contributed by atoms with Crippen molar-refractivity contribution in [1.29, 1.82) is 0 Å². The third-order valence-electron chi connectivity index (χ3n) is 2.50. The van der Waals surface area contributed by atoms with Gasteiger partial charge in [0.05, 0.1) is 17.1 Å². The van der Waals surface area contributed by atoms with Crippen LogP contribution in [0.25, 0.3) is 0 Å². The van der Waals surface area contributed by atoms with Crippen LogP contribution in [0.4, 0.5) is 0 Å². The van der Waals surface area contributed by atoms with Crippen molar-refractivity contribution in [2.24, 2.45) is 5.92 Å². The zero-order valence-electron chi connectivity index (χ0n) is 5.53. The average molecular weight is 162 g/mol. The largest absolute Gasteiger partial charge is 0.392 e. The molecule has 2 bridgehead atoms. The van der Waals surface area contributed by atoms with E-state index in [0.717, 1.165) is 0 Å². The quantitative estimate of drug-likeness (QED) is 0.525. The molecule has 0 unspecified atom stereocenters. The summed E-state index contributed by atoms with van der Waals surface area (Å²) in [5.74, 6) is 0.569. The lowest BCUT2D eigenvalue weighted by molar-refractivity contribution is 0.176. The molecule has 58 valence electrons. The zero-order chi connectivity index (χ0) is 7.35. The standard InChI is InChI=1S/C6H10O3S/c7-5-1-4-2-6(5)10(8,9)3-4/h4-7H,1-3H2/t4-,5-,6-/m1/s1. The Hall–Kier alpha value is -0.0900. The molecule has 0 aromatic heterocycles. The predicted molar refractivity (Wildman–Crippen MR) is 36.3 cm³/mol. The first kappa shape index (κ1) is 6.61. The molecule has 3 atom stereocenters. The maximum absolute atomic E-state index is 11.1. The van der Waals surface area contributed by atoms with Gasteiger partial charge in [0.15, 0.2) is 9.84 Å². The van der Waals surface area contributed by atoms with Crippen LogP contribution in [0.5, 0.6) is 0 Å². The first-order valence-electron chi connectivity index (χ1n) is 3.49. The van der Waals surface area contributed by atoms with Crippen LogP contribution in [0.1, 0.15) is 12.8 Å². The van der Waals surface area contributed by atoms with Crippen molar-refractivity contribution in [3.63, 3.8) is 0 Å². The fraction of sp³-hybridized carbons (Fsp3) is 1.00. The van der Waals surface area contributed by atoms with Crippen LogP contribution in [0.3, 0.4) is 0 Å². The molecule has 0 aromatic carbocycles. The van der Waals surface area contributed by atoms with Crippen LogP contribution in [-0.4, -0.2) is 30.6 Å². The molecule has 1 heterocycles. The summed E-state index contributed by atoms with van der Waals surface area (Å²) in [5.41, 5.74) is 0. The van der Waals surface area contributed by atoms with Crippen molar-refractivity contribution >= 4 is 9.84 Å². The molecule has 1 saturated heterocycles. The lowest BCUT2D eigenvalue weighted by Gasteiger charge is -2.15. The molecule has 1 aliphatic heterocycles. The first-order chi connectivity index (χ1) is 4.59. The number of sulfone groups is 1. The molecule has 2 rings (SSSR count). The van der Waals surface area contributed by atoms with Crippen molar-refractivity contribution in [3.05, 3.63) is 0 Å². The molecular formula is C6H10O3S. The summed E-state index contributed by atoms with van der Waals surface area (Å²) < 4.78 is 22.1.